The van der Waals surface area contributed by atoms with Crippen molar-refractivity contribution in [3.63, 3.8) is 0 Å². The second-order valence-electron chi connectivity index (χ2n) is 5.77. The first-order valence-electron chi connectivity index (χ1n) is 7.66. The van der Waals surface area contributed by atoms with E-state index in [4.69, 9.17) is 4.42 Å². The molecule has 1 heterocycles. The molecule has 106 valence electrons. The van der Waals surface area contributed by atoms with E-state index in [1.165, 1.54) is 24.8 Å². The molecule has 1 aliphatic rings. The summed E-state index contributed by atoms with van der Waals surface area (Å²) in [7, 11) is 0. The summed E-state index contributed by atoms with van der Waals surface area (Å²) in [6.45, 7) is 3.19. The molecule has 1 aromatic carbocycles. The van der Waals surface area contributed by atoms with Gasteiger partial charge < -0.3 is 9.73 Å². The quantitative estimate of drug-likeness (QED) is 0.859. The van der Waals surface area contributed by atoms with Crippen LogP contribution in [-0.2, 0) is 11.8 Å². The SMILES string of the molecule is CCNC(Cc1ccco1)C1(c2ccccc2)CCC1. The van der Waals surface area contributed by atoms with E-state index in [1.54, 1.807) is 6.26 Å². The van der Waals surface area contributed by atoms with Gasteiger partial charge in [-0.1, -0.05) is 43.7 Å². The molecule has 0 amide bonds. The van der Waals surface area contributed by atoms with Crippen LogP contribution in [0.25, 0.3) is 0 Å². The highest BCUT2D eigenvalue weighted by Crippen LogP contribution is 2.47. The van der Waals surface area contributed by atoms with Gasteiger partial charge in [0.1, 0.15) is 5.76 Å². The summed E-state index contributed by atoms with van der Waals surface area (Å²) >= 11 is 0. The van der Waals surface area contributed by atoms with Crippen molar-refractivity contribution in [2.24, 2.45) is 0 Å². The summed E-state index contributed by atoms with van der Waals surface area (Å²) in [6.07, 6.45) is 6.61. The Bertz CT molecular complexity index is 514. The van der Waals surface area contributed by atoms with Crippen molar-refractivity contribution >= 4 is 0 Å². The highest BCUT2D eigenvalue weighted by atomic mass is 16.3. The van der Waals surface area contributed by atoms with Crippen molar-refractivity contribution in [3.8, 4) is 0 Å². The van der Waals surface area contributed by atoms with Crippen LogP contribution in [0.1, 0.15) is 37.5 Å². The molecule has 0 radical (unpaired) electrons. The van der Waals surface area contributed by atoms with Crippen LogP contribution in [0.2, 0.25) is 0 Å². The largest absolute Gasteiger partial charge is 0.469 e. The maximum atomic E-state index is 5.57. The lowest BCUT2D eigenvalue weighted by molar-refractivity contribution is 0.164. The zero-order valence-corrected chi connectivity index (χ0v) is 12.1. The maximum absolute atomic E-state index is 5.57. The van der Waals surface area contributed by atoms with E-state index in [2.05, 4.69) is 48.6 Å². The fourth-order valence-corrected chi connectivity index (χ4v) is 3.51. The lowest BCUT2D eigenvalue weighted by atomic mass is 9.59. The second-order valence-corrected chi connectivity index (χ2v) is 5.77. The normalized spacial score (nSPS) is 18.4. The summed E-state index contributed by atoms with van der Waals surface area (Å²) in [4.78, 5) is 0. The van der Waals surface area contributed by atoms with Crippen LogP contribution >= 0.6 is 0 Å². The standard InChI is InChI=1S/C18H23NO/c1-2-19-17(14-16-10-6-13-20-16)18(11-7-12-18)15-8-4-3-5-9-15/h3-6,8-10,13,17,19H,2,7,11-12,14H2,1H3. The van der Waals surface area contributed by atoms with E-state index in [0.29, 0.717) is 6.04 Å². The molecule has 2 aromatic rings. The minimum absolute atomic E-state index is 0.282. The van der Waals surface area contributed by atoms with E-state index in [9.17, 15) is 0 Å². The zero-order valence-electron chi connectivity index (χ0n) is 12.1. The maximum Gasteiger partial charge on any atom is 0.105 e. The third-order valence-corrected chi connectivity index (χ3v) is 4.70. The number of nitrogens with one attached hydrogen (secondary N) is 1. The van der Waals surface area contributed by atoms with Gasteiger partial charge in [0, 0.05) is 17.9 Å². The molecule has 20 heavy (non-hydrogen) atoms. The Morgan fingerprint density at radius 2 is 1.95 bits per heavy atom. The summed E-state index contributed by atoms with van der Waals surface area (Å²) in [5, 5.41) is 3.70. The monoisotopic (exact) mass is 269 g/mol. The van der Waals surface area contributed by atoms with Crippen molar-refractivity contribution in [2.45, 2.75) is 44.1 Å². The van der Waals surface area contributed by atoms with Crippen LogP contribution in [0.4, 0.5) is 0 Å². The van der Waals surface area contributed by atoms with E-state index >= 15 is 0 Å². The van der Waals surface area contributed by atoms with Crippen LogP contribution in [0, 0.1) is 0 Å². The predicted octanol–water partition coefficient (Wildman–Crippen LogP) is 3.92. The molecule has 1 aliphatic carbocycles. The van der Waals surface area contributed by atoms with Gasteiger partial charge in [-0.2, -0.15) is 0 Å². The number of rotatable bonds is 6. The van der Waals surface area contributed by atoms with Crippen LogP contribution < -0.4 is 5.32 Å². The minimum atomic E-state index is 0.282. The third kappa shape index (κ3) is 2.40. The molecule has 2 nitrogen and oxygen atoms in total. The van der Waals surface area contributed by atoms with Gasteiger partial charge in [-0.3, -0.25) is 0 Å². The summed E-state index contributed by atoms with van der Waals surface area (Å²) < 4.78 is 5.57. The first kappa shape index (κ1) is 13.4. The Kier molecular flexibility index (Phi) is 3.93. The molecule has 1 aromatic heterocycles. The average Bonchev–Trinajstić information content (AvgIpc) is 2.92. The molecule has 1 atom stereocenters. The summed E-state index contributed by atoms with van der Waals surface area (Å²) in [5.74, 6) is 1.08. The third-order valence-electron chi connectivity index (χ3n) is 4.70. The average molecular weight is 269 g/mol. The number of furan rings is 1. The Morgan fingerprint density at radius 3 is 2.50 bits per heavy atom. The zero-order chi connectivity index (χ0) is 13.8. The first-order valence-corrected chi connectivity index (χ1v) is 7.66. The van der Waals surface area contributed by atoms with Gasteiger partial charge in [0.05, 0.1) is 6.26 Å². The van der Waals surface area contributed by atoms with Crippen LogP contribution in [-0.4, -0.2) is 12.6 Å². The van der Waals surface area contributed by atoms with Gasteiger partial charge in [-0.25, -0.2) is 0 Å². The molecule has 1 unspecified atom stereocenters. The molecule has 0 aliphatic heterocycles. The molecule has 0 saturated heterocycles. The van der Waals surface area contributed by atoms with Crippen LogP contribution in [0.5, 0.6) is 0 Å². The van der Waals surface area contributed by atoms with Crippen molar-refractivity contribution in [2.75, 3.05) is 6.54 Å². The smallest absolute Gasteiger partial charge is 0.105 e. The number of hydrogen-bond acceptors (Lipinski definition) is 2. The van der Waals surface area contributed by atoms with Gasteiger partial charge >= 0.3 is 0 Å². The van der Waals surface area contributed by atoms with Crippen molar-refractivity contribution in [1.29, 1.82) is 0 Å². The molecular formula is C18H23NO. The fraction of sp³-hybridized carbons (Fsp3) is 0.444. The van der Waals surface area contributed by atoms with E-state index in [1.807, 2.05) is 6.07 Å². The van der Waals surface area contributed by atoms with Crippen molar-refractivity contribution < 1.29 is 4.42 Å². The minimum Gasteiger partial charge on any atom is -0.469 e. The van der Waals surface area contributed by atoms with E-state index in [0.717, 1.165) is 18.7 Å². The Morgan fingerprint density at radius 1 is 1.15 bits per heavy atom. The molecule has 3 rings (SSSR count). The molecule has 0 bridgehead atoms. The Labute approximate surface area is 121 Å². The lowest BCUT2D eigenvalue weighted by Crippen LogP contribution is -2.53. The molecular weight excluding hydrogens is 246 g/mol. The van der Waals surface area contributed by atoms with E-state index in [-0.39, 0.29) is 5.41 Å². The van der Waals surface area contributed by atoms with Gasteiger partial charge in [-0.15, -0.1) is 0 Å². The number of benzene rings is 1. The second kappa shape index (κ2) is 5.84. The molecule has 1 N–H and O–H groups in total. The molecule has 1 saturated carbocycles. The fourth-order valence-electron chi connectivity index (χ4n) is 3.51. The highest BCUT2D eigenvalue weighted by Gasteiger charge is 2.45. The van der Waals surface area contributed by atoms with Crippen LogP contribution in [0.15, 0.2) is 53.1 Å². The number of hydrogen-bond donors (Lipinski definition) is 1. The van der Waals surface area contributed by atoms with Crippen molar-refractivity contribution in [3.05, 3.63) is 60.1 Å². The van der Waals surface area contributed by atoms with Crippen LogP contribution in [0.3, 0.4) is 0 Å². The molecule has 1 fully saturated rings. The molecule has 0 spiro atoms. The summed E-state index contributed by atoms with van der Waals surface area (Å²) in [6, 6.07) is 15.5. The predicted molar refractivity (Wildman–Crippen MR) is 81.8 cm³/mol. The van der Waals surface area contributed by atoms with Gasteiger partial charge in [-0.05, 0) is 37.1 Å². The van der Waals surface area contributed by atoms with Gasteiger partial charge in [0.25, 0.3) is 0 Å². The number of likely N-dealkylation sites (N-methyl/N-ethyl adjacent to an activating group) is 1. The lowest BCUT2D eigenvalue weighted by Gasteiger charge is -2.48. The van der Waals surface area contributed by atoms with E-state index < -0.39 is 0 Å². The first-order chi connectivity index (χ1) is 9.85. The Hall–Kier alpha value is -1.54. The van der Waals surface area contributed by atoms with Crippen molar-refractivity contribution in [1.82, 2.24) is 5.32 Å². The van der Waals surface area contributed by atoms with Gasteiger partial charge in [0.15, 0.2) is 0 Å². The molecule has 2 heteroatoms. The Balaban J connectivity index is 1.88. The van der Waals surface area contributed by atoms with Gasteiger partial charge in [0.2, 0.25) is 0 Å². The topological polar surface area (TPSA) is 25.2 Å². The summed E-state index contributed by atoms with van der Waals surface area (Å²) in [5.41, 5.74) is 1.76. The highest BCUT2D eigenvalue weighted by molar-refractivity contribution is 5.31.